The Balaban J connectivity index is 1.42. The highest BCUT2D eigenvalue weighted by atomic mass is 16.3. The Morgan fingerprint density at radius 1 is 1.13 bits per heavy atom. The van der Waals surface area contributed by atoms with Crippen LogP contribution in [0.15, 0.2) is 12.5 Å². The summed E-state index contributed by atoms with van der Waals surface area (Å²) < 4.78 is 2.03. The molecule has 0 radical (unpaired) electrons. The maximum absolute atomic E-state index is 12.3. The number of hydrogen-bond acceptors (Lipinski definition) is 4. The van der Waals surface area contributed by atoms with Crippen LogP contribution in [0.25, 0.3) is 0 Å². The van der Waals surface area contributed by atoms with E-state index in [4.69, 9.17) is 10.2 Å². The number of aryl methyl sites for hydroxylation is 1. The van der Waals surface area contributed by atoms with Crippen LogP contribution in [0.5, 0.6) is 0 Å². The van der Waals surface area contributed by atoms with E-state index in [0.29, 0.717) is 36.6 Å². The van der Waals surface area contributed by atoms with Gasteiger partial charge in [0.2, 0.25) is 0 Å². The second-order valence-electron chi connectivity index (χ2n) is 11.3. The molecule has 1 aromatic rings. The third-order valence-electron chi connectivity index (χ3n) is 10.3. The second-order valence-corrected chi connectivity index (χ2v) is 11.3. The van der Waals surface area contributed by atoms with E-state index in [0.717, 1.165) is 57.1 Å². The zero-order valence-electron chi connectivity index (χ0n) is 18.6. The predicted molar refractivity (Wildman–Crippen MR) is 114 cm³/mol. The van der Waals surface area contributed by atoms with E-state index in [2.05, 4.69) is 26.1 Å². The third kappa shape index (κ3) is 2.76. The van der Waals surface area contributed by atoms with E-state index in [1.807, 2.05) is 10.9 Å². The highest BCUT2D eigenvalue weighted by Gasteiger charge is 2.67. The smallest absolute Gasteiger partial charge is 0.0949 e. The summed E-state index contributed by atoms with van der Waals surface area (Å²) in [6, 6.07) is 2.21. The van der Waals surface area contributed by atoms with Gasteiger partial charge in [0.05, 0.1) is 36.2 Å². The standard InChI is InChI=1S/C25H37N3O2/c1-23-9-6-18(29)14-17(23)4-5-20-19(23)7-10-24(2)21(8-11-25(20,24)30)22-15-28(16-27-22)13-3-12-26/h15-21,29-30H,3-11,13-14H2,1-2H3/t17-,18+,19?,20?,21-,23+,24-,25?/m1/s1. The van der Waals surface area contributed by atoms with Gasteiger partial charge in [-0.1, -0.05) is 13.8 Å². The number of hydrogen-bond donors (Lipinski definition) is 2. The lowest BCUT2D eigenvalue weighted by Crippen LogP contribution is -2.62. The predicted octanol–water partition coefficient (Wildman–Crippen LogP) is 4.40. The Labute approximate surface area is 180 Å². The highest BCUT2D eigenvalue weighted by molar-refractivity contribution is 5.24. The quantitative estimate of drug-likeness (QED) is 0.772. The summed E-state index contributed by atoms with van der Waals surface area (Å²) in [5.74, 6) is 1.86. The number of aromatic nitrogens is 2. The van der Waals surface area contributed by atoms with E-state index >= 15 is 0 Å². The first-order chi connectivity index (χ1) is 14.3. The molecular weight excluding hydrogens is 374 g/mol. The fraction of sp³-hybridized carbons (Fsp3) is 0.840. The minimum atomic E-state index is -0.610. The van der Waals surface area contributed by atoms with Crippen LogP contribution in [0.3, 0.4) is 0 Å². The maximum Gasteiger partial charge on any atom is 0.0949 e. The first-order valence-corrected chi connectivity index (χ1v) is 12.1. The Kier molecular flexibility index (Phi) is 4.83. The van der Waals surface area contributed by atoms with Crippen molar-refractivity contribution < 1.29 is 10.2 Å². The van der Waals surface area contributed by atoms with Gasteiger partial charge in [-0.2, -0.15) is 5.26 Å². The van der Waals surface area contributed by atoms with Gasteiger partial charge in [0, 0.05) is 24.1 Å². The van der Waals surface area contributed by atoms with Crippen molar-refractivity contribution in [2.45, 2.75) is 102 Å². The fourth-order valence-corrected chi connectivity index (χ4v) is 8.54. The minimum absolute atomic E-state index is 0.122. The van der Waals surface area contributed by atoms with Crippen molar-refractivity contribution in [3.05, 3.63) is 18.2 Å². The molecule has 0 spiro atoms. The molecule has 8 atom stereocenters. The molecular formula is C25H37N3O2. The zero-order chi connectivity index (χ0) is 21.1. The van der Waals surface area contributed by atoms with Crippen LogP contribution in [0.4, 0.5) is 0 Å². The van der Waals surface area contributed by atoms with Crippen LogP contribution in [0.1, 0.15) is 89.7 Å². The van der Waals surface area contributed by atoms with Crippen LogP contribution < -0.4 is 0 Å². The van der Waals surface area contributed by atoms with Gasteiger partial charge >= 0.3 is 0 Å². The molecule has 4 aliphatic carbocycles. The molecule has 0 aliphatic heterocycles. The maximum atomic E-state index is 12.3. The van der Waals surface area contributed by atoms with Crippen LogP contribution in [0, 0.1) is 39.9 Å². The van der Waals surface area contributed by atoms with Gasteiger partial charge in [-0.15, -0.1) is 0 Å². The van der Waals surface area contributed by atoms with Crippen molar-refractivity contribution in [1.82, 2.24) is 9.55 Å². The van der Waals surface area contributed by atoms with E-state index in [1.165, 1.54) is 6.42 Å². The molecule has 4 aliphatic rings. The zero-order valence-corrected chi connectivity index (χ0v) is 18.6. The normalized spacial score (nSPS) is 47.8. The molecule has 5 heteroatoms. The molecule has 0 bridgehead atoms. The average Bonchev–Trinajstić information content (AvgIpc) is 3.29. The molecule has 2 N–H and O–H groups in total. The van der Waals surface area contributed by atoms with Crippen molar-refractivity contribution in [2.75, 3.05) is 0 Å². The molecule has 3 unspecified atom stereocenters. The van der Waals surface area contributed by atoms with Crippen LogP contribution in [-0.2, 0) is 6.54 Å². The summed E-state index contributed by atoms with van der Waals surface area (Å²) in [6.07, 6.45) is 13.7. The van der Waals surface area contributed by atoms with Crippen molar-refractivity contribution in [2.24, 2.45) is 28.6 Å². The number of fused-ring (bicyclic) bond motifs is 5. The molecule has 4 saturated carbocycles. The van der Waals surface area contributed by atoms with Gasteiger partial charge in [0.15, 0.2) is 0 Å². The van der Waals surface area contributed by atoms with Crippen molar-refractivity contribution in [1.29, 1.82) is 5.26 Å². The monoisotopic (exact) mass is 411 g/mol. The Morgan fingerprint density at radius 3 is 2.77 bits per heavy atom. The second kappa shape index (κ2) is 7.07. The molecule has 30 heavy (non-hydrogen) atoms. The van der Waals surface area contributed by atoms with Gasteiger partial charge in [-0.05, 0) is 81.0 Å². The lowest BCUT2D eigenvalue weighted by molar-refractivity contribution is -0.205. The van der Waals surface area contributed by atoms with Gasteiger partial charge in [-0.3, -0.25) is 0 Å². The van der Waals surface area contributed by atoms with Crippen molar-refractivity contribution in [3.8, 4) is 6.07 Å². The fourth-order valence-electron chi connectivity index (χ4n) is 8.54. The van der Waals surface area contributed by atoms with Gasteiger partial charge in [0.1, 0.15) is 0 Å². The Morgan fingerprint density at radius 2 is 1.97 bits per heavy atom. The molecule has 0 aromatic carbocycles. The van der Waals surface area contributed by atoms with Gasteiger partial charge in [-0.25, -0.2) is 4.98 Å². The molecule has 5 rings (SSSR count). The minimum Gasteiger partial charge on any atom is -0.393 e. The first kappa shape index (κ1) is 20.5. The number of rotatable bonds is 3. The summed E-state index contributed by atoms with van der Waals surface area (Å²) in [6.45, 7) is 5.48. The molecule has 164 valence electrons. The highest BCUT2D eigenvalue weighted by Crippen LogP contribution is 2.70. The molecule has 5 nitrogen and oxygen atoms in total. The van der Waals surface area contributed by atoms with Crippen LogP contribution in [0.2, 0.25) is 0 Å². The largest absolute Gasteiger partial charge is 0.393 e. The lowest BCUT2D eigenvalue weighted by Gasteiger charge is -2.63. The Hall–Kier alpha value is -1.38. The third-order valence-corrected chi connectivity index (χ3v) is 10.3. The Bertz CT molecular complexity index is 846. The van der Waals surface area contributed by atoms with Gasteiger partial charge < -0.3 is 14.8 Å². The van der Waals surface area contributed by atoms with Crippen LogP contribution in [-0.4, -0.2) is 31.5 Å². The van der Waals surface area contributed by atoms with E-state index in [1.54, 1.807) is 0 Å². The molecule has 1 heterocycles. The summed E-state index contributed by atoms with van der Waals surface area (Å²) in [7, 11) is 0. The summed E-state index contributed by atoms with van der Waals surface area (Å²) in [4.78, 5) is 4.72. The summed E-state index contributed by atoms with van der Waals surface area (Å²) >= 11 is 0. The topological polar surface area (TPSA) is 82.1 Å². The summed E-state index contributed by atoms with van der Waals surface area (Å²) in [5, 5.41) is 31.4. The molecule has 0 saturated heterocycles. The molecule has 4 fully saturated rings. The van der Waals surface area contributed by atoms with E-state index in [9.17, 15) is 10.2 Å². The summed E-state index contributed by atoms with van der Waals surface area (Å²) in [5.41, 5.74) is 0.641. The number of nitrogens with zero attached hydrogens (tertiary/aromatic N) is 3. The first-order valence-electron chi connectivity index (χ1n) is 12.1. The van der Waals surface area contributed by atoms with E-state index in [-0.39, 0.29) is 16.9 Å². The van der Waals surface area contributed by atoms with Crippen molar-refractivity contribution >= 4 is 0 Å². The van der Waals surface area contributed by atoms with Crippen molar-refractivity contribution in [3.63, 3.8) is 0 Å². The average molecular weight is 412 g/mol. The number of aliphatic hydroxyl groups excluding tert-OH is 1. The lowest BCUT2D eigenvalue weighted by atomic mass is 9.43. The molecule has 0 amide bonds. The van der Waals surface area contributed by atoms with E-state index < -0.39 is 5.60 Å². The number of imidazole rings is 1. The van der Waals surface area contributed by atoms with Gasteiger partial charge in [0.25, 0.3) is 0 Å². The number of aliphatic hydroxyl groups is 2. The number of nitriles is 1. The van der Waals surface area contributed by atoms with Crippen LogP contribution >= 0.6 is 0 Å². The SMILES string of the molecule is C[C@]12CC[C@H](O)C[C@H]1CCC1C2CC[C@]2(C)[C@@H](c3cn(CCC#N)cn3)CCC12O. The molecule has 1 aromatic heterocycles.